The molecule has 3 nitrogen and oxygen atoms in total. The molecule has 4 rings (SSSR count). The predicted molar refractivity (Wildman–Crippen MR) is 112 cm³/mol. The zero-order chi connectivity index (χ0) is 17.4. The van der Waals surface area contributed by atoms with Gasteiger partial charge in [0.15, 0.2) is 0 Å². The number of hydrogen-bond acceptors (Lipinski definition) is 3. The van der Waals surface area contributed by atoms with Crippen molar-refractivity contribution in [1.82, 2.24) is 4.90 Å². The van der Waals surface area contributed by atoms with Crippen molar-refractivity contribution < 1.29 is 4.79 Å². The molecule has 3 atom stereocenters. The number of halogens is 2. The number of nitrogens with two attached hydrogens (primary N) is 1. The van der Waals surface area contributed by atoms with Crippen molar-refractivity contribution in [2.45, 2.75) is 44.2 Å². The summed E-state index contributed by atoms with van der Waals surface area (Å²) in [7, 11) is 0. The van der Waals surface area contributed by atoms with Crippen LogP contribution in [-0.4, -0.2) is 34.9 Å². The Hall–Kier alpha value is -0.420. The Kier molecular flexibility index (Phi) is 6.82. The molecule has 3 fully saturated rings. The van der Waals surface area contributed by atoms with Gasteiger partial charge in [-0.3, -0.25) is 4.79 Å². The maximum atomic E-state index is 13.4. The quantitative estimate of drug-likeness (QED) is 0.772. The second kappa shape index (κ2) is 8.72. The average Bonchev–Trinajstić information content (AvgIpc) is 2.62. The van der Waals surface area contributed by atoms with Gasteiger partial charge in [-0.25, -0.2) is 0 Å². The highest BCUT2D eigenvalue weighted by Crippen LogP contribution is 2.43. The van der Waals surface area contributed by atoms with E-state index in [2.05, 4.69) is 17.0 Å². The van der Waals surface area contributed by atoms with Crippen LogP contribution in [0.2, 0.25) is 5.02 Å². The number of thioether (sulfide) groups is 1. The summed E-state index contributed by atoms with van der Waals surface area (Å²) < 4.78 is 0. The summed E-state index contributed by atoms with van der Waals surface area (Å²) in [5, 5.41) is 0.749. The zero-order valence-electron chi connectivity index (χ0n) is 15.0. The Bertz CT molecular complexity index is 613. The molecule has 144 valence electrons. The summed E-state index contributed by atoms with van der Waals surface area (Å²) in [5.41, 5.74) is 7.62. The largest absolute Gasteiger partial charge is 0.334 e. The van der Waals surface area contributed by atoms with Crippen molar-refractivity contribution >= 4 is 41.7 Å². The molecule has 0 radical (unpaired) electrons. The maximum absolute atomic E-state index is 13.4. The van der Waals surface area contributed by atoms with Crippen LogP contribution >= 0.6 is 35.8 Å². The molecule has 1 saturated heterocycles. The number of benzene rings is 1. The predicted octanol–water partition coefficient (Wildman–Crippen LogP) is 4.53. The van der Waals surface area contributed by atoms with Gasteiger partial charge in [-0.2, -0.15) is 11.8 Å². The summed E-state index contributed by atoms with van der Waals surface area (Å²) in [4.78, 5) is 15.5. The summed E-state index contributed by atoms with van der Waals surface area (Å²) in [6.45, 7) is 0.856. The zero-order valence-corrected chi connectivity index (χ0v) is 17.4. The minimum atomic E-state index is 0. The van der Waals surface area contributed by atoms with Gasteiger partial charge in [0, 0.05) is 35.0 Å². The van der Waals surface area contributed by atoms with Crippen molar-refractivity contribution in [2.24, 2.45) is 23.5 Å². The molecule has 1 aromatic rings. The SMILES string of the molecule is Cl.NC1C2CCCC1CC(C(=O)N1CCSCC1c1ccc(Cl)cc1)C2. The lowest BCUT2D eigenvalue weighted by atomic mass is 9.65. The van der Waals surface area contributed by atoms with E-state index in [4.69, 9.17) is 17.3 Å². The molecule has 1 aliphatic heterocycles. The molecule has 0 aromatic heterocycles. The third-order valence-electron chi connectivity index (χ3n) is 6.43. The van der Waals surface area contributed by atoms with Crippen LogP contribution in [0.25, 0.3) is 0 Å². The average molecular weight is 415 g/mol. The first-order chi connectivity index (χ1) is 12.1. The molecule has 3 aliphatic rings. The Morgan fingerprint density at radius 2 is 1.81 bits per heavy atom. The smallest absolute Gasteiger partial charge is 0.226 e. The molecule has 2 N–H and O–H groups in total. The highest BCUT2D eigenvalue weighted by molar-refractivity contribution is 7.99. The standard InChI is InChI=1S/C20H27ClN2OS.ClH/c21-17-6-4-13(5-7-17)18-12-25-9-8-23(18)20(24)16-10-14-2-1-3-15(11-16)19(14)22;/h4-7,14-16,18-19H,1-3,8-12,22H2;1H. The molecule has 1 heterocycles. The number of fused-ring (bicyclic) bond motifs is 2. The molecule has 2 saturated carbocycles. The Morgan fingerprint density at radius 1 is 1.15 bits per heavy atom. The first-order valence-corrected chi connectivity index (χ1v) is 11.1. The first kappa shape index (κ1) is 20.3. The van der Waals surface area contributed by atoms with Crippen molar-refractivity contribution in [3.8, 4) is 0 Å². The van der Waals surface area contributed by atoms with E-state index in [1.807, 2.05) is 23.9 Å². The lowest BCUT2D eigenvalue weighted by Gasteiger charge is -2.46. The molecule has 0 spiro atoms. The third kappa shape index (κ3) is 4.04. The topological polar surface area (TPSA) is 46.3 Å². The van der Waals surface area contributed by atoms with Crippen LogP contribution in [0.1, 0.15) is 43.7 Å². The lowest BCUT2D eigenvalue weighted by molar-refractivity contribution is -0.140. The van der Waals surface area contributed by atoms with E-state index in [1.54, 1.807) is 0 Å². The minimum Gasteiger partial charge on any atom is -0.334 e. The van der Waals surface area contributed by atoms with Crippen LogP contribution in [0.3, 0.4) is 0 Å². The van der Waals surface area contributed by atoms with Gasteiger partial charge >= 0.3 is 0 Å². The van der Waals surface area contributed by atoms with E-state index in [0.717, 1.165) is 35.9 Å². The Morgan fingerprint density at radius 3 is 2.46 bits per heavy atom. The van der Waals surface area contributed by atoms with Gasteiger partial charge in [0.1, 0.15) is 0 Å². The molecule has 6 heteroatoms. The Labute approximate surface area is 171 Å². The fourth-order valence-electron chi connectivity index (χ4n) is 5.05. The number of amides is 1. The molecule has 1 amide bonds. The lowest BCUT2D eigenvalue weighted by Crippen LogP contribution is -2.51. The van der Waals surface area contributed by atoms with E-state index < -0.39 is 0 Å². The van der Waals surface area contributed by atoms with Crippen LogP contribution in [0, 0.1) is 17.8 Å². The number of carbonyl (C=O) groups is 1. The second-order valence-corrected chi connectivity index (χ2v) is 9.46. The molecule has 2 bridgehead atoms. The first-order valence-electron chi connectivity index (χ1n) is 9.52. The normalized spacial score (nSPS) is 34.1. The van der Waals surface area contributed by atoms with E-state index in [-0.39, 0.29) is 24.4 Å². The maximum Gasteiger partial charge on any atom is 0.226 e. The molecule has 3 unspecified atom stereocenters. The van der Waals surface area contributed by atoms with Gasteiger partial charge < -0.3 is 10.6 Å². The molecular weight excluding hydrogens is 387 g/mol. The molecule has 26 heavy (non-hydrogen) atoms. The number of rotatable bonds is 2. The van der Waals surface area contributed by atoms with Gasteiger partial charge in [-0.15, -0.1) is 12.4 Å². The van der Waals surface area contributed by atoms with Crippen molar-refractivity contribution in [3.63, 3.8) is 0 Å². The summed E-state index contributed by atoms with van der Waals surface area (Å²) in [5.74, 6) is 3.66. The van der Waals surface area contributed by atoms with E-state index in [0.29, 0.717) is 23.8 Å². The molecular formula is C20H28Cl2N2OS. The highest BCUT2D eigenvalue weighted by Gasteiger charge is 2.43. The summed E-state index contributed by atoms with van der Waals surface area (Å²) in [6.07, 6.45) is 5.69. The van der Waals surface area contributed by atoms with Crippen LogP contribution in [-0.2, 0) is 4.79 Å². The van der Waals surface area contributed by atoms with Crippen molar-refractivity contribution in [1.29, 1.82) is 0 Å². The van der Waals surface area contributed by atoms with E-state index >= 15 is 0 Å². The third-order valence-corrected chi connectivity index (χ3v) is 7.70. The molecule has 2 aliphatic carbocycles. The minimum absolute atomic E-state index is 0. The number of hydrogen-bond donors (Lipinski definition) is 1. The Balaban J connectivity index is 0.00000196. The van der Waals surface area contributed by atoms with Crippen molar-refractivity contribution in [3.05, 3.63) is 34.9 Å². The van der Waals surface area contributed by atoms with E-state index in [9.17, 15) is 4.79 Å². The summed E-state index contributed by atoms with van der Waals surface area (Å²) in [6, 6.07) is 8.52. The van der Waals surface area contributed by atoms with Crippen LogP contribution in [0.4, 0.5) is 0 Å². The van der Waals surface area contributed by atoms with Gasteiger partial charge in [-0.05, 0) is 55.2 Å². The highest BCUT2D eigenvalue weighted by atomic mass is 35.5. The van der Waals surface area contributed by atoms with Gasteiger partial charge in [-0.1, -0.05) is 30.2 Å². The number of nitrogens with zero attached hydrogens (tertiary/aromatic N) is 1. The number of carbonyl (C=O) groups excluding carboxylic acids is 1. The fraction of sp³-hybridized carbons (Fsp3) is 0.650. The van der Waals surface area contributed by atoms with Crippen LogP contribution in [0.5, 0.6) is 0 Å². The van der Waals surface area contributed by atoms with Gasteiger partial charge in [0.2, 0.25) is 5.91 Å². The van der Waals surface area contributed by atoms with E-state index in [1.165, 1.54) is 24.8 Å². The van der Waals surface area contributed by atoms with Crippen molar-refractivity contribution in [2.75, 3.05) is 18.1 Å². The van der Waals surface area contributed by atoms with Crippen LogP contribution < -0.4 is 5.73 Å². The second-order valence-electron chi connectivity index (χ2n) is 7.87. The fourth-order valence-corrected chi connectivity index (χ4v) is 6.27. The molecule has 1 aromatic carbocycles. The van der Waals surface area contributed by atoms with Crippen LogP contribution in [0.15, 0.2) is 24.3 Å². The monoisotopic (exact) mass is 414 g/mol. The van der Waals surface area contributed by atoms with Gasteiger partial charge in [0.25, 0.3) is 0 Å². The van der Waals surface area contributed by atoms with Gasteiger partial charge in [0.05, 0.1) is 6.04 Å². The summed E-state index contributed by atoms with van der Waals surface area (Å²) >= 11 is 7.98.